The van der Waals surface area contributed by atoms with Crippen LogP contribution in [0.2, 0.25) is 0 Å². The molecule has 3 heteroatoms. The lowest BCUT2D eigenvalue weighted by Gasteiger charge is -2.04. The minimum atomic E-state index is 0.0752. The van der Waals surface area contributed by atoms with Crippen LogP contribution in [-0.4, -0.2) is 16.6 Å². The van der Waals surface area contributed by atoms with Gasteiger partial charge in [0.15, 0.2) is 5.78 Å². The molecular formula is C13H17NO2. The molecule has 0 radical (unpaired) electrons. The zero-order chi connectivity index (χ0) is 12.1. The van der Waals surface area contributed by atoms with Crippen molar-refractivity contribution in [1.29, 1.82) is 0 Å². The molecule has 0 aromatic carbocycles. The Morgan fingerprint density at radius 3 is 2.44 bits per heavy atom. The van der Waals surface area contributed by atoms with Crippen LogP contribution in [0.15, 0.2) is 12.1 Å². The van der Waals surface area contributed by atoms with Crippen molar-refractivity contribution in [2.45, 2.75) is 40.0 Å². The van der Waals surface area contributed by atoms with Gasteiger partial charge < -0.3 is 4.79 Å². The number of aryl methyl sites for hydroxylation is 2. The van der Waals surface area contributed by atoms with Crippen molar-refractivity contribution >= 4 is 11.6 Å². The molecule has 0 spiro atoms. The lowest BCUT2D eigenvalue weighted by Crippen LogP contribution is -2.04. The summed E-state index contributed by atoms with van der Waals surface area (Å²) in [5, 5.41) is 0. The molecule has 3 nitrogen and oxygen atoms in total. The Labute approximate surface area is 95.9 Å². The maximum absolute atomic E-state index is 11.8. The lowest BCUT2D eigenvalue weighted by molar-refractivity contribution is -0.117. The molecule has 86 valence electrons. The van der Waals surface area contributed by atoms with Crippen LogP contribution in [0.3, 0.4) is 0 Å². The van der Waals surface area contributed by atoms with Crippen molar-refractivity contribution in [3.8, 4) is 0 Å². The standard InChI is InChI=1S/C13H17NO2/c1-9-7-8-12(11(3)14-9)13(16)6-4-5-10(2)15/h7-8H,4-6H2,1-3H3. The molecule has 0 bridgehead atoms. The fourth-order valence-corrected chi connectivity index (χ4v) is 1.61. The Morgan fingerprint density at radius 1 is 1.19 bits per heavy atom. The first-order valence-electron chi connectivity index (χ1n) is 5.47. The minimum Gasteiger partial charge on any atom is -0.300 e. The van der Waals surface area contributed by atoms with E-state index in [0.29, 0.717) is 24.8 Å². The van der Waals surface area contributed by atoms with Crippen molar-refractivity contribution in [3.63, 3.8) is 0 Å². The highest BCUT2D eigenvalue weighted by Gasteiger charge is 2.10. The van der Waals surface area contributed by atoms with E-state index in [0.717, 1.165) is 11.4 Å². The van der Waals surface area contributed by atoms with Gasteiger partial charge in [-0.05, 0) is 39.3 Å². The van der Waals surface area contributed by atoms with Crippen molar-refractivity contribution in [2.24, 2.45) is 0 Å². The Balaban J connectivity index is 2.63. The number of carbonyl (C=O) groups is 2. The molecule has 0 atom stereocenters. The highest BCUT2D eigenvalue weighted by molar-refractivity contribution is 5.97. The van der Waals surface area contributed by atoms with Gasteiger partial charge in [-0.2, -0.15) is 0 Å². The minimum absolute atomic E-state index is 0.0752. The third-order valence-electron chi connectivity index (χ3n) is 2.46. The van der Waals surface area contributed by atoms with E-state index in [4.69, 9.17) is 0 Å². The smallest absolute Gasteiger partial charge is 0.164 e. The molecule has 0 fully saturated rings. The van der Waals surface area contributed by atoms with Crippen LogP contribution in [-0.2, 0) is 4.79 Å². The third kappa shape index (κ3) is 3.57. The molecule has 0 aliphatic heterocycles. The van der Waals surface area contributed by atoms with Gasteiger partial charge in [-0.25, -0.2) is 0 Å². The van der Waals surface area contributed by atoms with Crippen LogP contribution in [0.1, 0.15) is 47.9 Å². The SMILES string of the molecule is CC(=O)CCCC(=O)c1ccc(C)nc1C. The van der Waals surface area contributed by atoms with E-state index in [-0.39, 0.29) is 11.6 Å². The molecule has 1 aromatic rings. The molecule has 0 amide bonds. The largest absolute Gasteiger partial charge is 0.300 e. The molecule has 1 aromatic heterocycles. The summed E-state index contributed by atoms with van der Waals surface area (Å²) in [6.45, 7) is 5.28. The van der Waals surface area contributed by atoms with Crippen molar-refractivity contribution < 1.29 is 9.59 Å². The molecule has 0 unspecified atom stereocenters. The average molecular weight is 219 g/mol. The lowest BCUT2D eigenvalue weighted by atomic mass is 10.0. The second-order valence-electron chi connectivity index (χ2n) is 4.06. The van der Waals surface area contributed by atoms with Gasteiger partial charge in [0.25, 0.3) is 0 Å². The predicted molar refractivity (Wildman–Crippen MR) is 62.6 cm³/mol. The van der Waals surface area contributed by atoms with Crippen LogP contribution in [0.25, 0.3) is 0 Å². The van der Waals surface area contributed by atoms with Crippen LogP contribution < -0.4 is 0 Å². The zero-order valence-corrected chi connectivity index (χ0v) is 10.0. The predicted octanol–water partition coefficient (Wildman–Crippen LogP) is 2.64. The molecule has 0 aliphatic rings. The van der Waals surface area contributed by atoms with Crippen LogP contribution in [0, 0.1) is 13.8 Å². The molecule has 0 saturated carbocycles. The van der Waals surface area contributed by atoms with Gasteiger partial charge >= 0.3 is 0 Å². The van der Waals surface area contributed by atoms with Gasteiger partial charge in [-0.1, -0.05) is 0 Å². The molecule has 1 heterocycles. The van der Waals surface area contributed by atoms with Crippen LogP contribution >= 0.6 is 0 Å². The zero-order valence-electron chi connectivity index (χ0n) is 10.0. The number of pyridine rings is 1. The topological polar surface area (TPSA) is 47.0 Å². The van der Waals surface area contributed by atoms with Gasteiger partial charge in [0.05, 0.1) is 0 Å². The number of ketones is 2. The maximum atomic E-state index is 11.8. The number of hydrogen-bond acceptors (Lipinski definition) is 3. The molecule has 1 rings (SSSR count). The first-order valence-corrected chi connectivity index (χ1v) is 5.47. The Bertz CT molecular complexity index is 410. The monoisotopic (exact) mass is 219 g/mol. The van der Waals surface area contributed by atoms with Gasteiger partial charge in [0.1, 0.15) is 5.78 Å². The second-order valence-corrected chi connectivity index (χ2v) is 4.06. The molecular weight excluding hydrogens is 202 g/mol. The van der Waals surface area contributed by atoms with Gasteiger partial charge in [0.2, 0.25) is 0 Å². The summed E-state index contributed by atoms with van der Waals surface area (Å²) in [5.74, 6) is 0.206. The van der Waals surface area contributed by atoms with Crippen molar-refractivity contribution in [3.05, 3.63) is 29.1 Å². The summed E-state index contributed by atoms with van der Waals surface area (Å²) in [6, 6.07) is 3.65. The summed E-state index contributed by atoms with van der Waals surface area (Å²) in [7, 11) is 0. The number of carbonyl (C=O) groups excluding carboxylic acids is 2. The number of aromatic nitrogens is 1. The van der Waals surface area contributed by atoms with E-state index >= 15 is 0 Å². The quantitative estimate of drug-likeness (QED) is 0.715. The van der Waals surface area contributed by atoms with E-state index < -0.39 is 0 Å². The number of rotatable bonds is 5. The van der Waals surface area contributed by atoms with Gasteiger partial charge in [-0.3, -0.25) is 9.78 Å². The first-order chi connectivity index (χ1) is 7.50. The van der Waals surface area contributed by atoms with Crippen LogP contribution in [0.4, 0.5) is 0 Å². The molecule has 16 heavy (non-hydrogen) atoms. The third-order valence-corrected chi connectivity index (χ3v) is 2.46. The summed E-state index contributed by atoms with van der Waals surface area (Å²) in [5.41, 5.74) is 2.36. The Hall–Kier alpha value is -1.51. The van der Waals surface area contributed by atoms with Gasteiger partial charge in [0, 0.05) is 29.8 Å². The Kier molecular flexibility index (Phi) is 4.35. The molecule has 0 aliphatic carbocycles. The van der Waals surface area contributed by atoms with E-state index in [1.165, 1.54) is 0 Å². The second kappa shape index (κ2) is 5.54. The molecule has 0 saturated heterocycles. The van der Waals surface area contributed by atoms with Crippen molar-refractivity contribution in [1.82, 2.24) is 4.98 Å². The van der Waals surface area contributed by atoms with E-state index in [2.05, 4.69) is 4.98 Å². The fraction of sp³-hybridized carbons (Fsp3) is 0.462. The van der Waals surface area contributed by atoms with Crippen molar-refractivity contribution in [2.75, 3.05) is 0 Å². The normalized spacial score (nSPS) is 10.2. The molecule has 0 N–H and O–H groups in total. The van der Waals surface area contributed by atoms with Gasteiger partial charge in [-0.15, -0.1) is 0 Å². The summed E-state index contributed by atoms with van der Waals surface area (Å²) in [6.07, 6.45) is 1.52. The highest BCUT2D eigenvalue weighted by atomic mass is 16.1. The Morgan fingerprint density at radius 2 is 1.88 bits per heavy atom. The summed E-state index contributed by atoms with van der Waals surface area (Å²) >= 11 is 0. The first kappa shape index (κ1) is 12.6. The number of Topliss-reactive ketones (excluding diaryl/α,β-unsaturated/α-hetero) is 2. The number of hydrogen-bond donors (Lipinski definition) is 0. The van der Waals surface area contributed by atoms with Crippen LogP contribution in [0.5, 0.6) is 0 Å². The number of nitrogens with zero attached hydrogens (tertiary/aromatic N) is 1. The summed E-state index contributed by atoms with van der Waals surface area (Å²) in [4.78, 5) is 26.8. The summed E-state index contributed by atoms with van der Waals surface area (Å²) < 4.78 is 0. The van der Waals surface area contributed by atoms with E-state index in [9.17, 15) is 9.59 Å². The highest BCUT2D eigenvalue weighted by Crippen LogP contribution is 2.11. The van der Waals surface area contributed by atoms with E-state index in [1.807, 2.05) is 26.0 Å². The van der Waals surface area contributed by atoms with E-state index in [1.54, 1.807) is 6.92 Å². The fourth-order valence-electron chi connectivity index (χ4n) is 1.61. The average Bonchev–Trinajstić information content (AvgIpc) is 2.16. The maximum Gasteiger partial charge on any atom is 0.164 e.